The lowest BCUT2D eigenvalue weighted by Gasteiger charge is -2.10. The number of halogens is 1. The van der Waals surface area contributed by atoms with Crippen LogP contribution in [0.2, 0.25) is 0 Å². The van der Waals surface area contributed by atoms with Gasteiger partial charge >= 0.3 is 5.69 Å². The van der Waals surface area contributed by atoms with Crippen LogP contribution < -0.4 is 5.69 Å². The number of aromatic nitrogens is 2. The first-order valence-corrected chi connectivity index (χ1v) is 6.98. The minimum absolute atomic E-state index is 0.171. The number of H-pyrrole nitrogens is 2. The molecule has 19 heavy (non-hydrogen) atoms. The van der Waals surface area contributed by atoms with Gasteiger partial charge in [-0.1, -0.05) is 41.1 Å². The van der Waals surface area contributed by atoms with Gasteiger partial charge in [0, 0.05) is 4.47 Å². The zero-order valence-corrected chi connectivity index (χ0v) is 12.0. The summed E-state index contributed by atoms with van der Waals surface area (Å²) in [6.07, 6.45) is 0.969. The molecule has 0 bridgehead atoms. The molecule has 1 aromatic heterocycles. The van der Waals surface area contributed by atoms with Crippen molar-refractivity contribution in [3.05, 3.63) is 56.9 Å². The quantitative estimate of drug-likeness (QED) is 0.741. The van der Waals surface area contributed by atoms with Gasteiger partial charge in [0.05, 0.1) is 11.0 Å². The number of imidazole rings is 1. The normalized spacial score (nSPS) is 11.1. The van der Waals surface area contributed by atoms with Crippen molar-refractivity contribution in [2.75, 3.05) is 0 Å². The number of aromatic amines is 2. The van der Waals surface area contributed by atoms with Crippen LogP contribution in [0.5, 0.6) is 0 Å². The predicted molar refractivity (Wildman–Crippen MR) is 81.4 cm³/mol. The second-order valence-corrected chi connectivity index (χ2v) is 5.32. The number of benzene rings is 2. The van der Waals surface area contributed by atoms with Crippen LogP contribution in [0.4, 0.5) is 0 Å². The number of aryl methyl sites for hydroxylation is 1. The standard InChI is InChI=1S/C15H13BrN2O/c1-2-9-4-3-5-11(16)14(9)10-6-7-12-13(8-10)18-15(19)17-12/h3-8H,2H2,1H3,(H2,17,18,19). The third-order valence-electron chi connectivity index (χ3n) is 3.29. The molecule has 4 heteroatoms. The summed E-state index contributed by atoms with van der Waals surface area (Å²) in [5.41, 5.74) is 5.07. The molecule has 0 spiro atoms. The van der Waals surface area contributed by atoms with Crippen LogP contribution in [0, 0.1) is 0 Å². The Morgan fingerprint density at radius 1 is 1.11 bits per heavy atom. The number of fused-ring (bicyclic) bond motifs is 1. The molecule has 0 aliphatic carbocycles. The molecule has 0 atom stereocenters. The number of rotatable bonds is 2. The van der Waals surface area contributed by atoms with Gasteiger partial charge in [0.15, 0.2) is 0 Å². The van der Waals surface area contributed by atoms with Crippen molar-refractivity contribution in [2.45, 2.75) is 13.3 Å². The molecule has 0 fully saturated rings. The first-order chi connectivity index (χ1) is 9.19. The second kappa shape index (κ2) is 4.70. The van der Waals surface area contributed by atoms with Gasteiger partial charge in [-0.2, -0.15) is 0 Å². The van der Waals surface area contributed by atoms with Crippen molar-refractivity contribution in [3.63, 3.8) is 0 Å². The van der Waals surface area contributed by atoms with Gasteiger partial charge in [-0.25, -0.2) is 4.79 Å². The van der Waals surface area contributed by atoms with E-state index in [9.17, 15) is 4.79 Å². The molecule has 0 amide bonds. The smallest absolute Gasteiger partial charge is 0.306 e. The fraction of sp³-hybridized carbons (Fsp3) is 0.133. The van der Waals surface area contributed by atoms with Crippen molar-refractivity contribution >= 4 is 27.0 Å². The van der Waals surface area contributed by atoms with Crippen molar-refractivity contribution in [3.8, 4) is 11.1 Å². The Morgan fingerprint density at radius 3 is 2.68 bits per heavy atom. The van der Waals surface area contributed by atoms with E-state index in [1.807, 2.05) is 30.3 Å². The highest BCUT2D eigenvalue weighted by molar-refractivity contribution is 9.10. The molecule has 0 aliphatic heterocycles. The van der Waals surface area contributed by atoms with Crippen molar-refractivity contribution in [1.29, 1.82) is 0 Å². The predicted octanol–water partition coefficient (Wildman–Crippen LogP) is 3.85. The van der Waals surface area contributed by atoms with E-state index in [1.54, 1.807) is 0 Å². The van der Waals surface area contributed by atoms with E-state index in [0.717, 1.165) is 27.5 Å². The molecule has 0 unspecified atom stereocenters. The molecule has 2 aromatic carbocycles. The SMILES string of the molecule is CCc1cccc(Br)c1-c1ccc2[nH]c(=O)[nH]c2c1. The van der Waals surface area contributed by atoms with Gasteiger partial charge in [0.1, 0.15) is 0 Å². The maximum absolute atomic E-state index is 11.3. The summed E-state index contributed by atoms with van der Waals surface area (Å²) in [4.78, 5) is 16.9. The summed E-state index contributed by atoms with van der Waals surface area (Å²) in [6, 6.07) is 12.2. The van der Waals surface area contributed by atoms with Crippen molar-refractivity contribution < 1.29 is 0 Å². The average molecular weight is 317 g/mol. The van der Waals surface area contributed by atoms with E-state index < -0.39 is 0 Å². The topological polar surface area (TPSA) is 48.6 Å². The van der Waals surface area contributed by atoms with Gasteiger partial charge < -0.3 is 9.97 Å². The largest absolute Gasteiger partial charge is 0.323 e. The maximum atomic E-state index is 11.3. The van der Waals surface area contributed by atoms with E-state index in [-0.39, 0.29) is 5.69 Å². The zero-order valence-electron chi connectivity index (χ0n) is 10.5. The Balaban J connectivity index is 2.26. The molecule has 1 heterocycles. The van der Waals surface area contributed by atoms with Gasteiger partial charge in [-0.3, -0.25) is 0 Å². The lowest BCUT2D eigenvalue weighted by atomic mass is 9.98. The fourth-order valence-corrected chi connectivity index (χ4v) is 3.01. The van der Waals surface area contributed by atoms with Gasteiger partial charge in [-0.05, 0) is 41.3 Å². The van der Waals surface area contributed by atoms with E-state index in [0.29, 0.717) is 0 Å². The van der Waals surface area contributed by atoms with Gasteiger partial charge in [-0.15, -0.1) is 0 Å². The molecule has 3 rings (SSSR count). The number of hydrogen-bond acceptors (Lipinski definition) is 1. The van der Waals surface area contributed by atoms with Crippen LogP contribution in [-0.4, -0.2) is 9.97 Å². The van der Waals surface area contributed by atoms with E-state index in [1.165, 1.54) is 11.1 Å². The van der Waals surface area contributed by atoms with E-state index in [2.05, 4.69) is 38.9 Å². The Labute approximate surface area is 118 Å². The molecule has 3 nitrogen and oxygen atoms in total. The summed E-state index contributed by atoms with van der Waals surface area (Å²) in [6.45, 7) is 2.14. The monoisotopic (exact) mass is 316 g/mol. The third kappa shape index (κ3) is 2.12. The van der Waals surface area contributed by atoms with Gasteiger partial charge in [0.2, 0.25) is 0 Å². The lowest BCUT2D eigenvalue weighted by Crippen LogP contribution is -1.99. The van der Waals surface area contributed by atoms with Crippen molar-refractivity contribution in [1.82, 2.24) is 9.97 Å². The lowest BCUT2D eigenvalue weighted by molar-refractivity contribution is 1.14. The Kier molecular flexibility index (Phi) is 3.03. The Bertz CT molecular complexity index is 801. The highest BCUT2D eigenvalue weighted by Crippen LogP contribution is 2.33. The Hall–Kier alpha value is -1.81. The highest BCUT2D eigenvalue weighted by atomic mass is 79.9. The van der Waals surface area contributed by atoms with E-state index in [4.69, 9.17) is 0 Å². The molecule has 3 aromatic rings. The summed E-state index contributed by atoms with van der Waals surface area (Å²) in [5.74, 6) is 0. The first kappa shape index (κ1) is 12.2. The molecule has 0 radical (unpaired) electrons. The fourth-order valence-electron chi connectivity index (χ4n) is 2.37. The third-order valence-corrected chi connectivity index (χ3v) is 3.95. The van der Waals surface area contributed by atoms with Crippen LogP contribution in [0.15, 0.2) is 45.7 Å². The number of nitrogens with one attached hydrogen (secondary N) is 2. The van der Waals surface area contributed by atoms with Crippen LogP contribution in [0.25, 0.3) is 22.2 Å². The highest BCUT2D eigenvalue weighted by Gasteiger charge is 2.09. The summed E-state index contributed by atoms with van der Waals surface area (Å²) >= 11 is 3.61. The summed E-state index contributed by atoms with van der Waals surface area (Å²) in [5, 5.41) is 0. The maximum Gasteiger partial charge on any atom is 0.323 e. The summed E-state index contributed by atoms with van der Waals surface area (Å²) in [7, 11) is 0. The minimum atomic E-state index is -0.171. The second-order valence-electron chi connectivity index (χ2n) is 4.47. The molecule has 0 aliphatic rings. The van der Waals surface area contributed by atoms with Crippen LogP contribution in [0.1, 0.15) is 12.5 Å². The van der Waals surface area contributed by atoms with Crippen LogP contribution >= 0.6 is 15.9 Å². The molecule has 2 N–H and O–H groups in total. The Morgan fingerprint density at radius 2 is 1.89 bits per heavy atom. The molecular weight excluding hydrogens is 304 g/mol. The summed E-state index contributed by atoms with van der Waals surface area (Å²) < 4.78 is 1.07. The van der Waals surface area contributed by atoms with Crippen molar-refractivity contribution in [2.24, 2.45) is 0 Å². The zero-order chi connectivity index (χ0) is 13.4. The molecule has 96 valence electrons. The molecular formula is C15H13BrN2O. The van der Waals surface area contributed by atoms with E-state index >= 15 is 0 Å². The molecule has 0 saturated carbocycles. The minimum Gasteiger partial charge on any atom is -0.306 e. The van der Waals surface area contributed by atoms with Crippen LogP contribution in [-0.2, 0) is 6.42 Å². The van der Waals surface area contributed by atoms with Crippen LogP contribution in [0.3, 0.4) is 0 Å². The molecule has 0 saturated heterocycles. The average Bonchev–Trinajstić information content (AvgIpc) is 2.77. The first-order valence-electron chi connectivity index (χ1n) is 6.19. The number of hydrogen-bond donors (Lipinski definition) is 2. The van der Waals surface area contributed by atoms with Gasteiger partial charge in [0.25, 0.3) is 0 Å².